The molecule has 0 saturated carbocycles. The molecule has 1 atom stereocenters. The fraction of sp³-hybridized carbons (Fsp3) is 0.625. The second-order valence-corrected chi connectivity index (χ2v) is 5.74. The summed E-state index contributed by atoms with van der Waals surface area (Å²) in [5, 5.41) is 3.66. The lowest BCUT2D eigenvalue weighted by Crippen LogP contribution is -2.58. The van der Waals surface area contributed by atoms with Crippen molar-refractivity contribution in [2.75, 3.05) is 19.8 Å². The van der Waals surface area contributed by atoms with Crippen molar-refractivity contribution in [3.8, 4) is 0 Å². The molecule has 18 heavy (non-hydrogen) atoms. The van der Waals surface area contributed by atoms with Gasteiger partial charge >= 0.3 is 0 Å². The molecule has 0 aliphatic carbocycles. The molecule has 98 valence electrons. The Kier molecular flexibility index (Phi) is 3.40. The first-order chi connectivity index (χ1) is 8.85. The van der Waals surface area contributed by atoms with Gasteiger partial charge in [-0.05, 0) is 36.9 Å². The van der Waals surface area contributed by atoms with Gasteiger partial charge in [-0.2, -0.15) is 0 Å². The van der Waals surface area contributed by atoms with Crippen LogP contribution < -0.4 is 5.32 Å². The standard InChI is InChI=1S/C16H23NO/c1-2-4-13-6-8-14(9-7-13)16(11-18-12-16)15-5-3-10-17-15/h6-9,15,17H,2-5,10-12H2,1H3. The van der Waals surface area contributed by atoms with E-state index in [0.29, 0.717) is 6.04 Å². The average Bonchev–Trinajstić information content (AvgIpc) is 2.84. The van der Waals surface area contributed by atoms with Crippen LogP contribution in [0.5, 0.6) is 0 Å². The van der Waals surface area contributed by atoms with E-state index in [-0.39, 0.29) is 5.41 Å². The molecule has 0 radical (unpaired) electrons. The Morgan fingerprint density at radius 2 is 2.06 bits per heavy atom. The van der Waals surface area contributed by atoms with Crippen LogP contribution in [0.15, 0.2) is 24.3 Å². The molecule has 2 saturated heterocycles. The number of aryl methyl sites for hydroxylation is 1. The number of hydrogen-bond acceptors (Lipinski definition) is 2. The molecule has 2 fully saturated rings. The summed E-state index contributed by atoms with van der Waals surface area (Å²) >= 11 is 0. The predicted octanol–water partition coefficient (Wildman–Crippen LogP) is 2.66. The highest BCUT2D eigenvalue weighted by molar-refractivity contribution is 5.34. The van der Waals surface area contributed by atoms with E-state index in [4.69, 9.17) is 4.74 Å². The van der Waals surface area contributed by atoms with Crippen LogP contribution in [0.3, 0.4) is 0 Å². The summed E-state index contributed by atoms with van der Waals surface area (Å²) in [6.45, 7) is 5.17. The molecule has 2 aliphatic heterocycles. The van der Waals surface area contributed by atoms with Crippen molar-refractivity contribution < 1.29 is 4.74 Å². The van der Waals surface area contributed by atoms with E-state index in [1.54, 1.807) is 0 Å². The summed E-state index contributed by atoms with van der Waals surface area (Å²) < 4.78 is 5.54. The lowest BCUT2D eigenvalue weighted by molar-refractivity contribution is -0.0760. The smallest absolute Gasteiger partial charge is 0.0600 e. The molecule has 0 bridgehead atoms. The quantitative estimate of drug-likeness (QED) is 0.880. The van der Waals surface area contributed by atoms with Crippen molar-refractivity contribution in [3.05, 3.63) is 35.4 Å². The summed E-state index contributed by atoms with van der Waals surface area (Å²) in [5.74, 6) is 0. The molecular weight excluding hydrogens is 222 g/mol. The number of rotatable bonds is 4. The maximum absolute atomic E-state index is 5.54. The van der Waals surface area contributed by atoms with Gasteiger partial charge < -0.3 is 10.1 Å². The Labute approximate surface area is 110 Å². The summed E-state index contributed by atoms with van der Waals surface area (Å²) in [7, 11) is 0. The van der Waals surface area contributed by atoms with E-state index >= 15 is 0 Å². The van der Waals surface area contributed by atoms with Crippen LogP contribution in [0.2, 0.25) is 0 Å². The molecule has 2 heterocycles. The molecule has 2 heteroatoms. The summed E-state index contributed by atoms with van der Waals surface area (Å²) in [6, 6.07) is 9.87. The van der Waals surface area contributed by atoms with Crippen LogP contribution in [-0.4, -0.2) is 25.8 Å². The molecule has 0 aromatic heterocycles. The molecule has 1 N–H and O–H groups in total. The van der Waals surface area contributed by atoms with Gasteiger partial charge in [-0.25, -0.2) is 0 Å². The van der Waals surface area contributed by atoms with Crippen molar-refractivity contribution in [2.45, 2.75) is 44.1 Å². The van der Waals surface area contributed by atoms with Gasteiger partial charge in [0.05, 0.1) is 18.6 Å². The van der Waals surface area contributed by atoms with E-state index in [1.807, 2.05) is 0 Å². The number of nitrogens with one attached hydrogen (secondary N) is 1. The topological polar surface area (TPSA) is 21.3 Å². The second-order valence-electron chi connectivity index (χ2n) is 5.74. The van der Waals surface area contributed by atoms with Crippen LogP contribution in [0.1, 0.15) is 37.3 Å². The lowest BCUT2D eigenvalue weighted by atomic mass is 9.71. The summed E-state index contributed by atoms with van der Waals surface area (Å²) in [5.41, 5.74) is 3.17. The maximum atomic E-state index is 5.54. The lowest BCUT2D eigenvalue weighted by Gasteiger charge is -2.46. The van der Waals surface area contributed by atoms with Crippen LogP contribution in [0, 0.1) is 0 Å². The molecule has 1 aromatic rings. The van der Waals surface area contributed by atoms with Crippen LogP contribution in [0.4, 0.5) is 0 Å². The predicted molar refractivity (Wildman–Crippen MR) is 74.0 cm³/mol. The Morgan fingerprint density at radius 1 is 1.28 bits per heavy atom. The summed E-state index contributed by atoms with van der Waals surface area (Å²) in [4.78, 5) is 0. The van der Waals surface area contributed by atoms with Gasteiger partial charge in [0.15, 0.2) is 0 Å². The zero-order valence-electron chi connectivity index (χ0n) is 11.2. The van der Waals surface area contributed by atoms with Crippen LogP contribution >= 0.6 is 0 Å². The van der Waals surface area contributed by atoms with Crippen LogP contribution in [0.25, 0.3) is 0 Å². The van der Waals surface area contributed by atoms with Gasteiger partial charge in [0.1, 0.15) is 0 Å². The average molecular weight is 245 g/mol. The SMILES string of the molecule is CCCc1ccc(C2(C3CCCN3)COC2)cc1. The third-order valence-electron chi connectivity index (χ3n) is 4.51. The number of ether oxygens (including phenoxy) is 1. The Hall–Kier alpha value is -0.860. The van der Waals surface area contributed by atoms with Gasteiger partial charge in [0, 0.05) is 6.04 Å². The normalized spacial score (nSPS) is 25.9. The first-order valence-corrected chi connectivity index (χ1v) is 7.26. The summed E-state index contributed by atoms with van der Waals surface area (Å²) in [6.07, 6.45) is 5.00. The van der Waals surface area contributed by atoms with Gasteiger partial charge in [0.25, 0.3) is 0 Å². The van der Waals surface area contributed by atoms with E-state index in [1.165, 1.54) is 43.4 Å². The Morgan fingerprint density at radius 3 is 2.56 bits per heavy atom. The highest BCUT2D eigenvalue weighted by Gasteiger charge is 2.47. The first kappa shape index (κ1) is 12.2. The minimum absolute atomic E-state index is 0.251. The Balaban J connectivity index is 1.82. The molecule has 1 aromatic carbocycles. The Bertz CT molecular complexity index is 388. The molecule has 0 amide bonds. The zero-order valence-corrected chi connectivity index (χ0v) is 11.2. The van der Waals surface area contributed by atoms with Crippen molar-refractivity contribution >= 4 is 0 Å². The minimum Gasteiger partial charge on any atom is -0.379 e. The van der Waals surface area contributed by atoms with Crippen molar-refractivity contribution in [1.82, 2.24) is 5.32 Å². The van der Waals surface area contributed by atoms with E-state index in [2.05, 4.69) is 36.5 Å². The largest absolute Gasteiger partial charge is 0.379 e. The highest BCUT2D eigenvalue weighted by Crippen LogP contribution is 2.39. The zero-order chi connectivity index (χ0) is 12.4. The molecule has 3 rings (SSSR count). The third-order valence-corrected chi connectivity index (χ3v) is 4.51. The molecule has 1 unspecified atom stereocenters. The van der Waals surface area contributed by atoms with Crippen LogP contribution in [-0.2, 0) is 16.6 Å². The monoisotopic (exact) mass is 245 g/mol. The van der Waals surface area contributed by atoms with Gasteiger partial charge in [-0.1, -0.05) is 37.6 Å². The maximum Gasteiger partial charge on any atom is 0.0600 e. The second kappa shape index (κ2) is 5.02. The number of hydrogen-bond donors (Lipinski definition) is 1. The first-order valence-electron chi connectivity index (χ1n) is 7.26. The minimum atomic E-state index is 0.251. The molecule has 2 nitrogen and oxygen atoms in total. The van der Waals surface area contributed by atoms with E-state index < -0.39 is 0 Å². The number of benzene rings is 1. The van der Waals surface area contributed by atoms with Crippen molar-refractivity contribution in [2.24, 2.45) is 0 Å². The van der Waals surface area contributed by atoms with Gasteiger partial charge in [-0.15, -0.1) is 0 Å². The van der Waals surface area contributed by atoms with Gasteiger partial charge in [0.2, 0.25) is 0 Å². The van der Waals surface area contributed by atoms with Gasteiger partial charge in [-0.3, -0.25) is 0 Å². The van der Waals surface area contributed by atoms with Crippen molar-refractivity contribution in [1.29, 1.82) is 0 Å². The highest BCUT2D eigenvalue weighted by atomic mass is 16.5. The van der Waals surface area contributed by atoms with Crippen molar-refractivity contribution in [3.63, 3.8) is 0 Å². The molecule has 0 spiro atoms. The third kappa shape index (κ3) is 1.98. The van der Waals surface area contributed by atoms with E-state index in [0.717, 1.165) is 13.2 Å². The fourth-order valence-corrected chi connectivity index (χ4v) is 3.34. The van der Waals surface area contributed by atoms with E-state index in [9.17, 15) is 0 Å². The fourth-order valence-electron chi connectivity index (χ4n) is 3.34. The molecular formula is C16H23NO. The molecule has 2 aliphatic rings.